The van der Waals surface area contributed by atoms with Crippen LogP contribution >= 0.6 is 0 Å². The van der Waals surface area contributed by atoms with Crippen LogP contribution in [0.15, 0.2) is 12.2 Å². The molecule has 0 aliphatic heterocycles. The van der Waals surface area contributed by atoms with Gasteiger partial charge in [0.15, 0.2) is 0 Å². The summed E-state index contributed by atoms with van der Waals surface area (Å²) in [6, 6.07) is 0. The van der Waals surface area contributed by atoms with Crippen LogP contribution in [0.4, 0.5) is 0 Å². The van der Waals surface area contributed by atoms with Crippen molar-refractivity contribution in [1.82, 2.24) is 0 Å². The molecule has 2 N–H and O–H groups in total. The lowest BCUT2D eigenvalue weighted by Crippen LogP contribution is -2.01. The molecule has 2 unspecified atom stereocenters. The van der Waals surface area contributed by atoms with E-state index in [9.17, 15) is 0 Å². The fraction of sp³-hybridized carbons (Fsp3) is 0.750. The Hall–Kier alpha value is -0.340. The van der Waals surface area contributed by atoms with Gasteiger partial charge in [0.05, 0.1) is 6.10 Å². The standard InChI is InChI=1S/C8H16O2/c1-3-8(10)5-4-7(2)6-9/h4-5,7-10H,3,6H2,1-2H3. The zero-order chi connectivity index (χ0) is 7.98. The van der Waals surface area contributed by atoms with E-state index >= 15 is 0 Å². The molecule has 10 heavy (non-hydrogen) atoms. The van der Waals surface area contributed by atoms with Crippen molar-refractivity contribution in [1.29, 1.82) is 0 Å². The van der Waals surface area contributed by atoms with Gasteiger partial charge in [-0.25, -0.2) is 0 Å². The summed E-state index contributed by atoms with van der Waals surface area (Å²) in [6.07, 6.45) is 3.93. The summed E-state index contributed by atoms with van der Waals surface area (Å²) in [7, 11) is 0. The van der Waals surface area contributed by atoms with Gasteiger partial charge in [0.2, 0.25) is 0 Å². The second kappa shape index (κ2) is 5.45. The Bertz CT molecular complexity index is 87.4. The average molecular weight is 144 g/mol. The van der Waals surface area contributed by atoms with Crippen LogP contribution in [-0.2, 0) is 0 Å². The molecule has 0 fully saturated rings. The van der Waals surface area contributed by atoms with E-state index in [-0.39, 0.29) is 18.6 Å². The molecule has 0 saturated carbocycles. The van der Waals surface area contributed by atoms with Gasteiger partial charge in [0.25, 0.3) is 0 Å². The first-order valence-electron chi connectivity index (χ1n) is 3.68. The minimum atomic E-state index is -0.353. The van der Waals surface area contributed by atoms with Crippen LogP contribution in [0.5, 0.6) is 0 Å². The molecular formula is C8H16O2. The lowest BCUT2D eigenvalue weighted by molar-refractivity contribution is 0.216. The van der Waals surface area contributed by atoms with E-state index in [1.54, 1.807) is 6.08 Å². The van der Waals surface area contributed by atoms with E-state index in [1.807, 2.05) is 19.9 Å². The first-order valence-corrected chi connectivity index (χ1v) is 3.68. The second-order valence-electron chi connectivity index (χ2n) is 2.52. The number of hydrogen-bond acceptors (Lipinski definition) is 2. The molecule has 0 heterocycles. The second-order valence-corrected chi connectivity index (χ2v) is 2.52. The Labute approximate surface area is 62.2 Å². The predicted molar refractivity (Wildman–Crippen MR) is 41.7 cm³/mol. The third-order valence-corrected chi connectivity index (χ3v) is 1.37. The van der Waals surface area contributed by atoms with Crippen molar-refractivity contribution in [2.45, 2.75) is 26.4 Å². The molecular weight excluding hydrogens is 128 g/mol. The van der Waals surface area contributed by atoms with E-state index in [0.717, 1.165) is 6.42 Å². The van der Waals surface area contributed by atoms with Gasteiger partial charge >= 0.3 is 0 Å². The molecule has 0 bridgehead atoms. The minimum absolute atomic E-state index is 0.146. The highest BCUT2D eigenvalue weighted by molar-refractivity contribution is 4.90. The normalized spacial score (nSPS) is 17.6. The molecule has 0 aromatic carbocycles. The maximum Gasteiger partial charge on any atom is 0.0718 e. The lowest BCUT2D eigenvalue weighted by atomic mass is 10.1. The van der Waals surface area contributed by atoms with E-state index in [1.165, 1.54) is 0 Å². The quantitative estimate of drug-likeness (QED) is 0.576. The number of aliphatic hydroxyl groups excluding tert-OH is 2. The summed E-state index contributed by atoms with van der Waals surface area (Å²) >= 11 is 0. The highest BCUT2D eigenvalue weighted by Crippen LogP contribution is 1.98. The number of aliphatic hydroxyl groups is 2. The third kappa shape index (κ3) is 4.53. The molecule has 0 amide bonds. The minimum Gasteiger partial charge on any atom is -0.396 e. The van der Waals surface area contributed by atoms with Crippen LogP contribution in [0.1, 0.15) is 20.3 Å². The zero-order valence-electron chi connectivity index (χ0n) is 6.62. The van der Waals surface area contributed by atoms with E-state index < -0.39 is 0 Å². The molecule has 0 aromatic rings. The van der Waals surface area contributed by atoms with Crippen LogP contribution in [0.25, 0.3) is 0 Å². The highest BCUT2D eigenvalue weighted by atomic mass is 16.3. The van der Waals surface area contributed by atoms with Crippen LogP contribution < -0.4 is 0 Å². The summed E-state index contributed by atoms with van der Waals surface area (Å²) in [5.41, 5.74) is 0. The van der Waals surface area contributed by atoms with Gasteiger partial charge in [-0.1, -0.05) is 26.0 Å². The molecule has 0 radical (unpaired) electrons. The van der Waals surface area contributed by atoms with E-state index in [0.29, 0.717) is 0 Å². The van der Waals surface area contributed by atoms with Gasteiger partial charge < -0.3 is 10.2 Å². The summed E-state index contributed by atoms with van der Waals surface area (Å²) in [5.74, 6) is 0.154. The molecule has 0 rings (SSSR count). The van der Waals surface area contributed by atoms with Crippen molar-refractivity contribution < 1.29 is 10.2 Å². The molecule has 60 valence electrons. The van der Waals surface area contributed by atoms with Crippen molar-refractivity contribution in [2.24, 2.45) is 5.92 Å². The van der Waals surface area contributed by atoms with Crippen molar-refractivity contribution >= 4 is 0 Å². The Morgan fingerprint density at radius 1 is 1.40 bits per heavy atom. The molecule has 0 saturated heterocycles. The van der Waals surface area contributed by atoms with E-state index in [2.05, 4.69) is 0 Å². The van der Waals surface area contributed by atoms with Crippen molar-refractivity contribution in [3.63, 3.8) is 0 Å². The van der Waals surface area contributed by atoms with Crippen molar-refractivity contribution in [3.05, 3.63) is 12.2 Å². The lowest BCUT2D eigenvalue weighted by Gasteiger charge is -2.02. The largest absolute Gasteiger partial charge is 0.396 e. The SMILES string of the molecule is CCC(O)C=CC(C)CO. The van der Waals surface area contributed by atoms with Gasteiger partial charge in [-0.3, -0.25) is 0 Å². The van der Waals surface area contributed by atoms with Gasteiger partial charge in [-0.15, -0.1) is 0 Å². The maximum absolute atomic E-state index is 9.03. The van der Waals surface area contributed by atoms with Crippen LogP contribution in [0, 0.1) is 5.92 Å². The first kappa shape index (κ1) is 9.66. The van der Waals surface area contributed by atoms with Gasteiger partial charge in [-0.05, 0) is 12.3 Å². The fourth-order valence-corrected chi connectivity index (χ4v) is 0.515. The molecule has 0 aliphatic carbocycles. The van der Waals surface area contributed by atoms with Crippen LogP contribution in [0.3, 0.4) is 0 Å². The third-order valence-electron chi connectivity index (χ3n) is 1.37. The average Bonchev–Trinajstić information content (AvgIpc) is 1.99. The van der Waals surface area contributed by atoms with Crippen LogP contribution in [-0.4, -0.2) is 22.9 Å². The van der Waals surface area contributed by atoms with Gasteiger partial charge in [-0.2, -0.15) is 0 Å². The maximum atomic E-state index is 9.03. The number of hydrogen-bond donors (Lipinski definition) is 2. The van der Waals surface area contributed by atoms with E-state index in [4.69, 9.17) is 10.2 Å². The highest BCUT2D eigenvalue weighted by Gasteiger charge is 1.95. The summed E-state index contributed by atoms with van der Waals surface area (Å²) in [6.45, 7) is 3.96. The summed E-state index contributed by atoms with van der Waals surface area (Å²) in [5, 5.41) is 17.6. The Balaban J connectivity index is 3.52. The Morgan fingerprint density at radius 3 is 2.40 bits per heavy atom. The molecule has 2 nitrogen and oxygen atoms in total. The summed E-state index contributed by atoms with van der Waals surface area (Å²) in [4.78, 5) is 0. The smallest absolute Gasteiger partial charge is 0.0718 e. The fourth-order valence-electron chi connectivity index (χ4n) is 0.515. The topological polar surface area (TPSA) is 40.5 Å². The molecule has 0 aliphatic rings. The van der Waals surface area contributed by atoms with Crippen LogP contribution in [0.2, 0.25) is 0 Å². The Kier molecular flexibility index (Phi) is 5.26. The van der Waals surface area contributed by atoms with Crippen molar-refractivity contribution in [2.75, 3.05) is 6.61 Å². The first-order chi connectivity index (χ1) is 4.70. The van der Waals surface area contributed by atoms with Gasteiger partial charge in [0, 0.05) is 6.61 Å². The monoisotopic (exact) mass is 144 g/mol. The molecule has 2 heteroatoms. The zero-order valence-corrected chi connectivity index (χ0v) is 6.62. The predicted octanol–water partition coefficient (Wildman–Crippen LogP) is 0.942. The van der Waals surface area contributed by atoms with Gasteiger partial charge in [0.1, 0.15) is 0 Å². The molecule has 0 aromatic heterocycles. The number of rotatable bonds is 4. The summed E-state index contributed by atoms with van der Waals surface area (Å²) < 4.78 is 0. The van der Waals surface area contributed by atoms with Crippen molar-refractivity contribution in [3.8, 4) is 0 Å². The molecule has 2 atom stereocenters. The molecule has 0 spiro atoms. The Morgan fingerprint density at radius 2 is 2.00 bits per heavy atom.